The average molecular weight is 172 g/mol. The second kappa shape index (κ2) is 3.07. The molecule has 4 N–H and O–H groups in total. The zero-order valence-corrected chi connectivity index (χ0v) is 7.33. The number of benzene rings is 2. The molecule has 2 aromatic carbocycles. The van der Waals surface area contributed by atoms with Gasteiger partial charge < -0.3 is 11.5 Å². The number of fused-ring (bicyclic) bond motifs is 1. The topological polar surface area (TPSA) is 52.0 Å². The Hall–Kier alpha value is -1.54. The third-order valence-electron chi connectivity index (χ3n) is 2.28. The van der Waals surface area contributed by atoms with Gasteiger partial charge in [-0.25, -0.2) is 0 Å². The molecule has 0 heterocycles. The fourth-order valence-corrected chi connectivity index (χ4v) is 1.58. The molecule has 0 spiro atoms. The number of hydrogen-bond acceptors (Lipinski definition) is 2. The van der Waals surface area contributed by atoms with Crippen LogP contribution in [0.4, 0.5) is 5.69 Å². The van der Waals surface area contributed by atoms with Crippen LogP contribution in [0.3, 0.4) is 0 Å². The molecule has 66 valence electrons. The first kappa shape index (κ1) is 8.08. The van der Waals surface area contributed by atoms with Crippen molar-refractivity contribution in [1.29, 1.82) is 0 Å². The van der Waals surface area contributed by atoms with Gasteiger partial charge in [-0.1, -0.05) is 30.3 Å². The number of nitrogen functional groups attached to an aromatic ring is 1. The van der Waals surface area contributed by atoms with Crippen molar-refractivity contribution < 1.29 is 0 Å². The molecule has 0 aliphatic carbocycles. The summed E-state index contributed by atoms with van der Waals surface area (Å²) in [5, 5.41) is 2.35. The molecule has 0 radical (unpaired) electrons. The van der Waals surface area contributed by atoms with E-state index in [1.165, 1.54) is 5.39 Å². The Labute approximate surface area is 77.2 Å². The van der Waals surface area contributed by atoms with E-state index >= 15 is 0 Å². The van der Waals surface area contributed by atoms with Crippen LogP contribution in [0.1, 0.15) is 5.56 Å². The molecule has 0 saturated carbocycles. The predicted octanol–water partition coefficient (Wildman–Crippen LogP) is 1.88. The Morgan fingerprint density at radius 2 is 1.77 bits per heavy atom. The van der Waals surface area contributed by atoms with Gasteiger partial charge >= 0.3 is 0 Å². The predicted molar refractivity (Wildman–Crippen MR) is 56.3 cm³/mol. The summed E-state index contributed by atoms with van der Waals surface area (Å²) >= 11 is 0. The normalized spacial score (nSPS) is 10.5. The molecule has 2 nitrogen and oxygen atoms in total. The second-order valence-electron chi connectivity index (χ2n) is 3.06. The van der Waals surface area contributed by atoms with E-state index in [-0.39, 0.29) is 0 Å². The number of hydrogen-bond donors (Lipinski definition) is 2. The van der Waals surface area contributed by atoms with Gasteiger partial charge in [-0.2, -0.15) is 0 Å². The zero-order chi connectivity index (χ0) is 9.26. The van der Waals surface area contributed by atoms with Gasteiger partial charge in [0.1, 0.15) is 0 Å². The molecule has 0 aliphatic heterocycles. The van der Waals surface area contributed by atoms with Crippen molar-refractivity contribution in [3.8, 4) is 0 Å². The fourth-order valence-electron chi connectivity index (χ4n) is 1.58. The smallest absolute Gasteiger partial charge is 0.0366 e. The summed E-state index contributed by atoms with van der Waals surface area (Å²) in [5.74, 6) is 0. The minimum atomic E-state index is 0.493. The maximum Gasteiger partial charge on any atom is 0.0366 e. The first-order chi connectivity index (χ1) is 6.33. The molecule has 13 heavy (non-hydrogen) atoms. The van der Waals surface area contributed by atoms with E-state index < -0.39 is 0 Å². The summed E-state index contributed by atoms with van der Waals surface area (Å²) < 4.78 is 0. The lowest BCUT2D eigenvalue weighted by Gasteiger charge is -2.06. The van der Waals surface area contributed by atoms with Crippen LogP contribution >= 0.6 is 0 Å². The SMILES string of the molecule is NCc1c(N)ccc2ccccc12. The summed E-state index contributed by atoms with van der Waals surface area (Å²) in [6.07, 6.45) is 0. The molecule has 0 aliphatic rings. The highest BCUT2D eigenvalue weighted by atomic mass is 14.6. The number of nitrogens with two attached hydrogens (primary N) is 2. The van der Waals surface area contributed by atoms with Crippen molar-refractivity contribution in [3.63, 3.8) is 0 Å². The highest BCUT2D eigenvalue weighted by Crippen LogP contribution is 2.23. The molecule has 0 saturated heterocycles. The minimum absolute atomic E-state index is 0.493. The van der Waals surface area contributed by atoms with Crippen molar-refractivity contribution in [2.75, 3.05) is 5.73 Å². The van der Waals surface area contributed by atoms with Crippen molar-refractivity contribution in [2.45, 2.75) is 6.54 Å². The zero-order valence-electron chi connectivity index (χ0n) is 7.33. The molecule has 2 heteroatoms. The molecular weight excluding hydrogens is 160 g/mol. The lowest BCUT2D eigenvalue weighted by atomic mass is 10.0. The second-order valence-corrected chi connectivity index (χ2v) is 3.06. The highest BCUT2D eigenvalue weighted by molar-refractivity contribution is 5.89. The van der Waals surface area contributed by atoms with Crippen LogP contribution in [-0.4, -0.2) is 0 Å². The molecule has 0 bridgehead atoms. The van der Waals surface area contributed by atoms with E-state index in [1.54, 1.807) is 0 Å². The lowest BCUT2D eigenvalue weighted by Crippen LogP contribution is -2.02. The van der Waals surface area contributed by atoms with Crippen LogP contribution in [-0.2, 0) is 6.54 Å². The quantitative estimate of drug-likeness (QED) is 0.645. The Kier molecular flexibility index (Phi) is 1.91. The maximum absolute atomic E-state index is 5.82. The summed E-state index contributed by atoms with van der Waals surface area (Å²) in [7, 11) is 0. The number of anilines is 1. The third kappa shape index (κ3) is 1.25. The van der Waals surface area contributed by atoms with Crippen LogP contribution in [0.25, 0.3) is 10.8 Å². The molecule has 0 atom stereocenters. The maximum atomic E-state index is 5.82. The lowest BCUT2D eigenvalue weighted by molar-refractivity contribution is 1.09. The Balaban J connectivity index is 2.84. The first-order valence-electron chi connectivity index (χ1n) is 4.29. The van der Waals surface area contributed by atoms with Crippen molar-refractivity contribution in [1.82, 2.24) is 0 Å². The standard InChI is InChI=1S/C11H12N2/c12-7-10-9-4-2-1-3-8(9)5-6-11(10)13/h1-6H,7,12-13H2. The van der Waals surface area contributed by atoms with Gasteiger partial charge in [0.25, 0.3) is 0 Å². The summed E-state index contributed by atoms with van der Waals surface area (Å²) in [5.41, 5.74) is 13.3. The minimum Gasteiger partial charge on any atom is -0.398 e. The van der Waals surface area contributed by atoms with Crippen LogP contribution in [0.5, 0.6) is 0 Å². The van der Waals surface area contributed by atoms with E-state index in [0.717, 1.165) is 16.6 Å². The third-order valence-corrected chi connectivity index (χ3v) is 2.28. The monoisotopic (exact) mass is 172 g/mol. The van der Waals surface area contributed by atoms with Crippen molar-refractivity contribution in [3.05, 3.63) is 42.0 Å². The Morgan fingerprint density at radius 3 is 2.54 bits per heavy atom. The summed E-state index contributed by atoms with van der Waals surface area (Å²) in [6, 6.07) is 12.1. The highest BCUT2D eigenvalue weighted by Gasteiger charge is 2.01. The van der Waals surface area contributed by atoms with Crippen LogP contribution in [0.15, 0.2) is 36.4 Å². The summed E-state index contributed by atoms with van der Waals surface area (Å²) in [6.45, 7) is 0.493. The van der Waals surface area contributed by atoms with Crippen LogP contribution in [0, 0.1) is 0 Å². The van der Waals surface area contributed by atoms with E-state index in [4.69, 9.17) is 11.5 Å². The largest absolute Gasteiger partial charge is 0.398 e. The molecule has 0 unspecified atom stereocenters. The van der Waals surface area contributed by atoms with Gasteiger partial charge in [0.2, 0.25) is 0 Å². The molecule has 2 rings (SSSR count). The average Bonchev–Trinajstić information content (AvgIpc) is 2.18. The van der Waals surface area contributed by atoms with Crippen molar-refractivity contribution in [2.24, 2.45) is 5.73 Å². The molecule has 0 aromatic heterocycles. The van der Waals surface area contributed by atoms with E-state index in [0.29, 0.717) is 6.54 Å². The van der Waals surface area contributed by atoms with E-state index in [9.17, 15) is 0 Å². The first-order valence-corrected chi connectivity index (χ1v) is 4.29. The van der Waals surface area contributed by atoms with Gasteiger partial charge in [0.05, 0.1) is 0 Å². The Bertz CT molecular complexity index is 435. The van der Waals surface area contributed by atoms with E-state index in [2.05, 4.69) is 6.07 Å². The number of rotatable bonds is 1. The van der Waals surface area contributed by atoms with Gasteiger partial charge in [-0.15, -0.1) is 0 Å². The molecular formula is C11H12N2. The van der Waals surface area contributed by atoms with E-state index in [1.807, 2.05) is 30.3 Å². The van der Waals surface area contributed by atoms with Gasteiger partial charge in [-0.05, 0) is 22.4 Å². The summed E-state index contributed by atoms with van der Waals surface area (Å²) in [4.78, 5) is 0. The van der Waals surface area contributed by atoms with Crippen molar-refractivity contribution >= 4 is 16.5 Å². The van der Waals surface area contributed by atoms with Crippen LogP contribution < -0.4 is 11.5 Å². The Morgan fingerprint density at radius 1 is 1.00 bits per heavy atom. The van der Waals surface area contributed by atoms with Crippen LogP contribution in [0.2, 0.25) is 0 Å². The molecule has 0 fully saturated rings. The van der Waals surface area contributed by atoms with Gasteiger partial charge in [0, 0.05) is 12.2 Å². The van der Waals surface area contributed by atoms with Gasteiger partial charge in [-0.3, -0.25) is 0 Å². The fraction of sp³-hybridized carbons (Fsp3) is 0.0909. The van der Waals surface area contributed by atoms with Gasteiger partial charge in [0.15, 0.2) is 0 Å². The molecule has 0 amide bonds. The molecule has 2 aromatic rings.